The largest absolute Gasteiger partial charge is 0.388 e. The number of nitriles is 1. The van der Waals surface area contributed by atoms with Gasteiger partial charge in [0.25, 0.3) is 0 Å². The molecule has 0 rings (SSSR count). The number of hydrogen-bond donors (Lipinski definition) is 2. The van der Waals surface area contributed by atoms with Gasteiger partial charge in [-0.15, -0.1) is 0 Å². The minimum Gasteiger partial charge on any atom is -0.388 e. The second kappa shape index (κ2) is 6.85. The third kappa shape index (κ3) is 6.78. The summed E-state index contributed by atoms with van der Waals surface area (Å²) in [6, 6.07) is 2.69. The minimum atomic E-state index is -0.761. The lowest BCUT2D eigenvalue weighted by Gasteiger charge is -2.32. The third-order valence-electron chi connectivity index (χ3n) is 2.62. The summed E-state index contributed by atoms with van der Waals surface area (Å²) >= 11 is 0. The smallest absolute Gasteiger partial charge is 0.0869 e. The van der Waals surface area contributed by atoms with Gasteiger partial charge in [-0.1, -0.05) is 13.8 Å². The molecule has 0 aromatic carbocycles. The van der Waals surface area contributed by atoms with Gasteiger partial charge in [-0.25, -0.2) is 0 Å². The van der Waals surface area contributed by atoms with Crippen LogP contribution < -0.4 is 5.32 Å². The van der Waals surface area contributed by atoms with E-state index in [-0.39, 0.29) is 6.04 Å². The Labute approximate surface area is 99.3 Å². The van der Waals surface area contributed by atoms with E-state index < -0.39 is 5.60 Å². The highest BCUT2D eigenvalue weighted by Gasteiger charge is 2.24. The molecule has 0 aliphatic rings. The molecule has 0 saturated heterocycles. The molecule has 4 heteroatoms. The molecule has 0 bridgehead atoms. The monoisotopic (exact) mass is 227 g/mol. The topological polar surface area (TPSA) is 59.3 Å². The number of nitrogens with one attached hydrogen (secondary N) is 1. The van der Waals surface area contributed by atoms with Crippen LogP contribution in [0.2, 0.25) is 0 Å². The van der Waals surface area contributed by atoms with E-state index in [4.69, 9.17) is 5.26 Å². The van der Waals surface area contributed by atoms with Crippen molar-refractivity contribution < 1.29 is 5.11 Å². The molecule has 0 saturated carbocycles. The van der Waals surface area contributed by atoms with Crippen molar-refractivity contribution in [2.45, 2.75) is 51.8 Å². The number of rotatable bonds is 7. The van der Waals surface area contributed by atoms with Crippen molar-refractivity contribution in [1.82, 2.24) is 10.2 Å². The summed E-state index contributed by atoms with van der Waals surface area (Å²) in [6.45, 7) is 9.05. The Hall–Kier alpha value is -0.630. The molecule has 94 valence electrons. The maximum atomic E-state index is 10.2. The molecule has 0 radical (unpaired) electrons. The Morgan fingerprint density at radius 1 is 1.44 bits per heavy atom. The maximum Gasteiger partial charge on any atom is 0.0869 e. The van der Waals surface area contributed by atoms with Crippen LogP contribution in [0.3, 0.4) is 0 Å². The van der Waals surface area contributed by atoms with Crippen LogP contribution in [-0.2, 0) is 0 Å². The first-order valence-electron chi connectivity index (χ1n) is 5.81. The van der Waals surface area contributed by atoms with Gasteiger partial charge < -0.3 is 10.4 Å². The van der Waals surface area contributed by atoms with Gasteiger partial charge in [0.05, 0.1) is 18.1 Å². The Morgan fingerprint density at radius 2 is 2.00 bits per heavy atom. The molecular formula is C12H25N3O. The summed E-state index contributed by atoms with van der Waals surface area (Å²) in [5.41, 5.74) is -0.761. The number of likely N-dealkylation sites (N-methyl/N-ethyl adjacent to an activating group) is 1. The zero-order valence-electron chi connectivity index (χ0n) is 11.1. The molecule has 0 spiro atoms. The molecular weight excluding hydrogens is 202 g/mol. The van der Waals surface area contributed by atoms with E-state index in [1.807, 2.05) is 25.8 Å². The fourth-order valence-electron chi connectivity index (χ4n) is 1.46. The summed E-state index contributed by atoms with van der Waals surface area (Å²) in [5, 5.41) is 22.0. The van der Waals surface area contributed by atoms with Crippen molar-refractivity contribution in [2.24, 2.45) is 0 Å². The second-order valence-corrected chi connectivity index (χ2v) is 5.16. The molecule has 0 heterocycles. The fraction of sp³-hybridized carbons (Fsp3) is 0.917. The highest BCUT2D eigenvalue weighted by molar-refractivity contribution is 4.84. The van der Waals surface area contributed by atoms with Crippen molar-refractivity contribution in [3.05, 3.63) is 0 Å². The predicted octanol–water partition coefficient (Wildman–Crippen LogP) is 0.969. The maximum absolute atomic E-state index is 10.2. The predicted molar refractivity (Wildman–Crippen MR) is 66.1 cm³/mol. The fourth-order valence-corrected chi connectivity index (χ4v) is 1.46. The molecule has 0 aliphatic carbocycles. The van der Waals surface area contributed by atoms with Crippen LogP contribution in [-0.4, -0.2) is 47.8 Å². The Bertz CT molecular complexity index is 233. The lowest BCUT2D eigenvalue weighted by Crippen LogP contribution is -2.49. The summed E-state index contributed by atoms with van der Waals surface area (Å²) in [4.78, 5) is 2.02. The van der Waals surface area contributed by atoms with E-state index in [1.54, 1.807) is 0 Å². The van der Waals surface area contributed by atoms with Crippen molar-refractivity contribution in [3.8, 4) is 6.07 Å². The lowest BCUT2D eigenvalue weighted by atomic mass is 10.0. The molecule has 16 heavy (non-hydrogen) atoms. The van der Waals surface area contributed by atoms with Crippen LogP contribution in [0, 0.1) is 11.3 Å². The molecule has 0 amide bonds. The average Bonchev–Trinajstić information content (AvgIpc) is 2.14. The number of nitrogens with zero attached hydrogens (tertiary/aromatic N) is 2. The number of hydrogen-bond acceptors (Lipinski definition) is 4. The average molecular weight is 227 g/mol. The highest BCUT2D eigenvalue weighted by Crippen LogP contribution is 2.08. The standard InChI is InChI=1S/C12H25N3O/c1-10(2)14-8-12(4,16)9-15(5)11(3)6-7-13/h10-11,14,16H,6,8-9H2,1-5H3. The van der Waals surface area contributed by atoms with Crippen molar-refractivity contribution in [2.75, 3.05) is 20.1 Å². The van der Waals surface area contributed by atoms with Crippen LogP contribution in [0.25, 0.3) is 0 Å². The van der Waals surface area contributed by atoms with Crippen molar-refractivity contribution >= 4 is 0 Å². The van der Waals surface area contributed by atoms with E-state index in [2.05, 4.69) is 25.2 Å². The van der Waals surface area contributed by atoms with Crippen LogP contribution in [0.4, 0.5) is 0 Å². The van der Waals surface area contributed by atoms with E-state index >= 15 is 0 Å². The Balaban J connectivity index is 4.09. The van der Waals surface area contributed by atoms with E-state index in [1.165, 1.54) is 0 Å². The molecule has 0 fully saturated rings. The van der Waals surface area contributed by atoms with Crippen LogP contribution in [0.5, 0.6) is 0 Å². The van der Waals surface area contributed by atoms with Gasteiger partial charge in [0, 0.05) is 25.2 Å². The number of aliphatic hydroxyl groups is 1. The van der Waals surface area contributed by atoms with Crippen molar-refractivity contribution in [3.63, 3.8) is 0 Å². The molecule has 0 aromatic rings. The van der Waals surface area contributed by atoms with Gasteiger partial charge in [-0.05, 0) is 20.9 Å². The summed E-state index contributed by atoms with van der Waals surface area (Å²) in [7, 11) is 1.94. The van der Waals surface area contributed by atoms with Crippen LogP contribution in [0.15, 0.2) is 0 Å². The minimum absolute atomic E-state index is 0.176. The zero-order chi connectivity index (χ0) is 12.8. The summed E-state index contributed by atoms with van der Waals surface area (Å²) in [5.74, 6) is 0. The van der Waals surface area contributed by atoms with Crippen LogP contribution >= 0.6 is 0 Å². The molecule has 4 nitrogen and oxygen atoms in total. The van der Waals surface area contributed by atoms with Gasteiger partial charge in [0.15, 0.2) is 0 Å². The summed E-state index contributed by atoms with van der Waals surface area (Å²) < 4.78 is 0. The van der Waals surface area contributed by atoms with Gasteiger partial charge in [-0.2, -0.15) is 5.26 Å². The van der Waals surface area contributed by atoms with E-state index in [0.717, 1.165) is 0 Å². The molecule has 0 aliphatic heterocycles. The molecule has 2 N–H and O–H groups in total. The quantitative estimate of drug-likeness (QED) is 0.680. The Kier molecular flexibility index (Phi) is 6.58. The van der Waals surface area contributed by atoms with Gasteiger partial charge in [0.2, 0.25) is 0 Å². The second-order valence-electron chi connectivity index (χ2n) is 5.16. The molecule has 2 unspecified atom stereocenters. The molecule has 0 aromatic heterocycles. The van der Waals surface area contributed by atoms with Crippen LogP contribution in [0.1, 0.15) is 34.1 Å². The first-order valence-corrected chi connectivity index (χ1v) is 5.81. The first kappa shape index (κ1) is 15.4. The van der Waals surface area contributed by atoms with Gasteiger partial charge >= 0.3 is 0 Å². The van der Waals surface area contributed by atoms with Gasteiger partial charge in [-0.3, -0.25) is 4.90 Å². The van der Waals surface area contributed by atoms with E-state index in [9.17, 15) is 5.11 Å². The van der Waals surface area contributed by atoms with Crippen molar-refractivity contribution in [1.29, 1.82) is 5.26 Å². The zero-order valence-corrected chi connectivity index (χ0v) is 11.1. The summed E-state index contributed by atoms with van der Waals surface area (Å²) in [6.07, 6.45) is 0.490. The normalized spacial score (nSPS) is 17.2. The molecule has 2 atom stereocenters. The highest BCUT2D eigenvalue weighted by atomic mass is 16.3. The lowest BCUT2D eigenvalue weighted by molar-refractivity contribution is 0.0168. The first-order chi connectivity index (χ1) is 7.28. The Morgan fingerprint density at radius 3 is 2.44 bits per heavy atom. The van der Waals surface area contributed by atoms with E-state index in [0.29, 0.717) is 25.6 Å². The SMILES string of the molecule is CC(C)NCC(C)(O)CN(C)C(C)CC#N. The third-order valence-corrected chi connectivity index (χ3v) is 2.62. The van der Waals surface area contributed by atoms with Gasteiger partial charge in [0.1, 0.15) is 0 Å².